The average Bonchev–Trinajstić information content (AvgIpc) is 3.04. The number of H-pyrrole nitrogens is 1. The van der Waals surface area contributed by atoms with Crippen molar-refractivity contribution in [1.82, 2.24) is 15.3 Å². The molecular formula is C15H15N3O2. The lowest BCUT2D eigenvalue weighted by Crippen LogP contribution is -2.27. The van der Waals surface area contributed by atoms with Crippen LogP contribution in [0.4, 0.5) is 0 Å². The second-order valence-corrected chi connectivity index (χ2v) is 4.77. The molecule has 102 valence electrons. The van der Waals surface area contributed by atoms with Crippen LogP contribution in [-0.4, -0.2) is 15.9 Å². The minimum absolute atomic E-state index is 0.176. The summed E-state index contributed by atoms with van der Waals surface area (Å²) < 4.78 is 5.40. The molecule has 0 saturated carbocycles. The van der Waals surface area contributed by atoms with Gasteiger partial charge < -0.3 is 14.7 Å². The average molecular weight is 269 g/mol. The van der Waals surface area contributed by atoms with Gasteiger partial charge in [-0.05, 0) is 26.0 Å². The van der Waals surface area contributed by atoms with Crippen LogP contribution >= 0.6 is 0 Å². The molecule has 1 aromatic carbocycles. The number of aromatic amines is 1. The van der Waals surface area contributed by atoms with Crippen molar-refractivity contribution in [1.29, 1.82) is 0 Å². The molecule has 0 radical (unpaired) electrons. The molecule has 2 heterocycles. The van der Waals surface area contributed by atoms with E-state index in [9.17, 15) is 4.79 Å². The van der Waals surface area contributed by atoms with Gasteiger partial charge in [0.1, 0.15) is 17.5 Å². The van der Waals surface area contributed by atoms with Gasteiger partial charge in [-0.2, -0.15) is 0 Å². The summed E-state index contributed by atoms with van der Waals surface area (Å²) in [7, 11) is 0. The first-order valence-electron chi connectivity index (χ1n) is 6.44. The SMILES string of the molecule is Cc1cnc(C(C)NC(=O)c2cc3ccccc3[nH]2)o1. The Morgan fingerprint density at radius 2 is 2.20 bits per heavy atom. The van der Waals surface area contributed by atoms with Gasteiger partial charge in [-0.15, -0.1) is 0 Å². The van der Waals surface area contributed by atoms with Crippen molar-refractivity contribution < 1.29 is 9.21 Å². The standard InChI is InChI=1S/C15H15N3O2/c1-9-8-16-15(20-9)10(2)17-14(19)13-7-11-5-3-4-6-12(11)18-13/h3-8,10,18H,1-2H3,(H,17,19). The topological polar surface area (TPSA) is 70.9 Å². The van der Waals surface area contributed by atoms with Crippen LogP contribution in [-0.2, 0) is 0 Å². The molecule has 0 aliphatic carbocycles. The summed E-state index contributed by atoms with van der Waals surface area (Å²) in [6.07, 6.45) is 1.64. The number of benzene rings is 1. The predicted molar refractivity (Wildman–Crippen MR) is 75.4 cm³/mol. The van der Waals surface area contributed by atoms with Gasteiger partial charge in [-0.1, -0.05) is 18.2 Å². The van der Waals surface area contributed by atoms with Crippen LogP contribution < -0.4 is 5.32 Å². The Hall–Kier alpha value is -2.56. The number of carbonyl (C=O) groups is 1. The number of aryl methyl sites for hydroxylation is 1. The molecule has 1 unspecified atom stereocenters. The normalized spacial score (nSPS) is 12.5. The van der Waals surface area contributed by atoms with E-state index in [0.29, 0.717) is 11.6 Å². The molecule has 5 nitrogen and oxygen atoms in total. The zero-order chi connectivity index (χ0) is 14.1. The molecular weight excluding hydrogens is 254 g/mol. The number of hydrogen-bond donors (Lipinski definition) is 2. The zero-order valence-corrected chi connectivity index (χ0v) is 11.3. The fraction of sp³-hybridized carbons (Fsp3) is 0.200. The van der Waals surface area contributed by atoms with E-state index < -0.39 is 0 Å². The lowest BCUT2D eigenvalue weighted by Gasteiger charge is -2.09. The van der Waals surface area contributed by atoms with Crippen LogP contribution in [0.25, 0.3) is 10.9 Å². The summed E-state index contributed by atoms with van der Waals surface area (Å²) in [6.45, 7) is 3.66. The minimum Gasteiger partial charge on any atom is -0.444 e. The molecule has 2 aromatic heterocycles. The molecule has 1 amide bonds. The summed E-state index contributed by atoms with van der Waals surface area (Å²) >= 11 is 0. The quantitative estimate of drug-likeness (QED) is 0.768. The molecule has 2 N–H and O–H groups in total. The van der Waals surface area contributed by atoms with Crippen molar-refractivity contribution in [2.75, 3.05) is 0 Å². The van der Waals surface area contributed by atoms with Gasteiger partial charge >= 0.3 is 0 Å². The second-order valence-electron chi connectivity index (χ2n) is 4.77. The van der Waals surface area contributed by atoms with Gasteiger partial charge in [-0.25, -0.2) is 4.98 Å². The first-order valence-corrected chi connectivity index (χ1v) is 6.44. The van der Waals surface area contributed by atoms with Gasteiger partial charge in [0.25, 0.3) is 5.91 Å². The Morgan fingerprint density at radius 1 is 1.40 bits per heavy atom. The van der Waals surface area contributed by atoms with Crippen LogP contribution in [0.1, 0.15) is 35.1 Å². The zero-order valence-electron chi connectivity index (χ0n) is 11.3. The lowest BCUT2D eigenvalue weighted by atomic mass is 10.2. The van der Waals surface area contributed by atoms with E-state index in [2.05, 4.69) is 15.3 Å². The molecule has 0 saturated heterocycles. The Kier molecular flexibility index (Phi) is 3.02. The first kappa shape index (κ1) is 12.5. The Bertz CT molecular complexity index is 724. The molecule has 0 bridgehead atoms. The van der Waals surface area contributed by atoms with Crippen molar-refractivity contribution in [2.24, 2.45) is 0 Å². The maximum atomic E-state index is 12.2. The number of oxazole rings is 1. The maximum absolute atomic E-state index is 12.2. The minimum atomic E-state index is -0.275. The highest BCUT2D eigenvalue weighted by molar-refractivity contribution is 5.98. The monoisotopic (exact) mass is 269 g/mol. The fourth-order valence-corrected chi connectivity index (χ4v) is 2.10. The van der Waals surface area contributed by atoms with Crippen LogP contribution in [0.5, 0.6) is 0 Å². The number of rotatable bonds is 3. The summed E-state index contributed by atoms with van der Waals surface area (Å²) in [5.74, 6) is 1.06. The van der Waals surface area contributed by atoms with Gasteiger partial charge in [-0.3, -0.25) is 4.79 Å². The molecule has 3 aromatic rings. The van der Waals surface area contributed by atoms with E-state index >= 15 is 0 Å². The van der Waals surface area contributed by atoms with Crippen LogP contribution in [0.2, 0.25) is 0 Å². The lowest BCUT2D eigenvalue weighted by molar-refractivity contribution is 0.0929. The van der Waals surface area contributed by atoms with E-state index in [4.69, 9.17) is 4.42 Å². The highest BCUT2D eigenvalue weighted by Gasteiger charge is 2.16. The fourth-order valence-electron chi connectivity index (χ4n) is 2.10. The molecule has 20 heavy (non-hydrogen) atoms. The number of nitrogens with one attached hydrogen (secondary N) is 2. The van der Waals surface area contributed by atoms with Crippen molar-refractivity contribution in [3.63, 3.8) is 0 Å². The van der Waals surface area contributed by atoms with Crippen molar-refractivity contribution in [3.05, 3.63) is 53.9 Å². The Labute approximate surface area is 116 Å². The van der Waals surface area contributed by atoms with Gasteiger partial charge in [0.2, 0.25) is 5.89 Å². The highest BCUT2D eigenvalue weighted by Crippen LogP contribution is 2.16. The molecule has 0 aliphatic rings. The summed E-state index contributed by atoms with van der Waals surface area (Å²) in [4.78, 5) is 19.4. The number of nitrogens with zero attached hydrogens (tertiary/aromatic N) is 1. The summed E-state index contributed by atoms with van der Waals surface area (Å²) in [5.41, 5.74) is 1.47. The number of hydrogen-bond acceptors (Lipinski definition) is 3. The number of amides is 1. The van der Waals surface area contributed by atoms with E-state index in [1.807, 2.05) is 44.2 Å². The van der Waals surface area contributed by atoms with E-state index in [0.717, 1.165) is 16.7 Å². The number of fused-ring (bicyclic) bond motifs is 1. The Morgan fingerprint density at radius 3 is 2.90 bits per heavy atom. The number of carbonyl (C=O) groups excluding carboxylic acids is 1. The maximum Gasteiger partial charge on any atom is 0.268 e. The van der Waals surface area contributed by atoms with E-state index in [1.54, 1.807) is 6.20 Å². The van der Waals surface area contributed by atoms with Crippen LogP contribution in [0.15, 0.2) is 40.9 Å². The number of aromatic nitrogens is 2. The van der Waals surface area contributed by atoms with Gasteiger partial charge in [0, 0.05) is 10.9 Å². The van der Waals surface area contributed by atoms with Gasteiger partial charge in [0.15, 0.2) is 0 Å². The smallest absolute Gasteiger partial charge is 0.268 e. The van der Waals surface area contributed by atoms with Crippen molar-refractivity contribution >= 4 is 16.8 Å². The first-order chi connectivity index (χ1) is 9.63. The van der Waals surface area contributed by atoms with E-state index in [-0.39, 0.29) is 11.9 Å². The summed E-state index contributed by atoms with van der Waals surface area (Å²) in [6, 6.07) is 9.33. The molecule has 0 spiro atoms. The third-order valence-corrected chi connectivity index (χ3v) is 3.13. The van der Waals surface area contributed by atoms with Crippen molar-refractivity contribution in [2.45, 2.75) is 19.9 Å². The Balaban J connectivity index is 1.78. The molecule has 5 heteroatoms. The van der Waals surface area contributed by atoms with Crippen LogP contribution in [0.3, 0.4) is 0 Å². The molecule has 3 rings (SSSR count). The van der Waals surface area contributed by atoms with Crippen molar-refractivity contribution in [3.8, 4) is 0 Å². The second kappa shape index (κ2) is 4.85. The third kappa shape index (κ3) is 2.30. The molecule has 0 aliphatic heterocycles. The predicted octanol–water partition coefficient (Wildman–Crippen LogP) is 2.96. The van der Waals surface area contributed by atoms with E-state index in [1.165, 1.54) is 0 Å². The van der Waals surface area contributed by atoms with Crippen LogP contribution in [0, 0.1) is 6.92 Å². The largest absolute Gasteiger partial charge is 0.444 e. The molecule has 0 fully saturated rings. The summed E-state index contributed by atoms with van der Waals surface area (Å²) in [5, 5.41) is 3.87. The van der Waals surface area contributed by atoms with Gasteiger partial charge in [0.05, 0.1) is 6.20 Å². The molecule has 1 atom stereocenters. The number of para-hydroxylation sites is 1. The highest BCUT2D eigenvalue weighted by atomic mass is 16.4. The third-order valence-electron chi connectivity index (χ3n) is 3.13.